The largest absolute Gasteiger partial charge is 0.383 e. The van der Waals surface area contributed by atoms with Crippen molar-refractivity contribution < 1.29 is 9.53 Å². The standard InChI is InChI=1S/C20H22N4O4/c1-28-13-12-23(14-15-6-4-5-10-21-15)18(25)9-11-24-17-8-3-2-7-16(17)19(26)22-20(24)27/h2-8,10H,9,11-14H2,1H3,(H,22,26,27). The third-order valence-electron chi connectivity index (χ3n) is 4.45. The highest BCUT2D eigenvalue weighted by molar-refractivity contribution is 5.79. The van der Waals surface area contributed by atoms with Crippen molar-refractivity contribution in [1.29, 1.82) is 0 Å². The number of aromatic amines is 1. The minimum absolute atomic E-state index is 0.118. The number of ether oxygens (including phenoxy) is 1. The fourth-order valence-electron chi connectivity index (χ4n) is 3.01. The summed E-state index contributed by atoms with van der Waals surface area (Å²) in [4.78, 5) is 45.2. The number of para-hydroxylation sites is 1. The fraction of sp³-hybridized carbons (Fsp3) is 0.300. The molecule has 0 fully saturated rings. The van der Waals surface area contributed by atoms with Crippen LogP contribution in [0.3, 0.4) is 0 Å². The van der Waals surface area contributed by atoms with Gasteiger partial charge in [-0.1, -0.05) is 18.2 Å². The average molecular weight is 382 g/mol. The zero-order valence-corrected chi connectivity index (χ0v) is 15.6. The van der Waals surface area contributed by atoms with Gasteiger partial charge in [-0.15, -0.1) is 0 Å². The highest BCUT2D eigenvalue weighted by Crippen LogP contribution is 2.09. The summed E-state index contributed by atoms with van der Waals surface area (Å²) in [5, 5.41) is 0.416. The molecule has 0 radical (unpaired) electrons. The van der Waals surface area contributed by atoms with Crippen molar-refractivity contribution in [2.75, 3.05) is 20.3 Å². The Morgan fingerprint density at radius 3 is 2.71 bits per heavy atom. The smallest absolute Gasteiger partial charge is 0.328 e. The number of amides is 1. The first kappa shape index (κ1) is 19.5. The molecule has 0 unspecified atom stereocenters. The number of pyridine rings is 1. The molecule has 8 heteroatoms. The molecule has 0 saturated heterocycles. The molecule has 1 amide bonds. The third kappa shape index (κ3) is 4.52. The van der Waals surface area contributed by atoms with Crippen LogP contribution in [0.2, 0.25) is 0 Å². The predicted octanol–water partition coefficient (Wildman–Crippen LogP) is 1.15. The van der Waals surface area contributed by atoms with Gasteiger partial charge in [0.05, 0.1) is 29.7 Å². The van der Waals surface area contributed by atoms with Crippen LogP contribution >= 0.6 is 0 Å². The number of benzene rings is 1. The topological polar surface area (TPSA) is 97.3 Å². The summed E-state index contributed by atoms with van der Waals surface area (Å²) in [7, 11) is 1.58. The number of fused-ring (bicyclic) bond motifs is 1. The van der Waals surface area contributed by atoms with Gasteiger partial charge in [0.15, 0.2) is 0 Å². The molecule has 3 aromatic rings. The van der Waals surface area contributed by atoms with Crippen molar-refractivity contribution in [3.05, 3.63) is 75.2 Å². The second kappa shape index (κ2) is 9.09. The maximum Gasteiger partial charge on any atom is 0.328 e. The summed E-state index contributed by atoms with van der Waals surface area (Å²) >= 11 is 0. The van der Waals surface area contributed by atoms with E-state index in [4.69, 9.17) is 4.74 Å². The summed E-state index contributed by atoms with van der Waals surface area (Å²) in [5.41, 5.74) is 0.334. The summed E-state index contributed by atoms with van der Waals surface area (Å²) in [6.07, 6.45) is 1.80. The van der Waals surface area contributed by atoms with Crippen molar-refractivity contribution in [1.82, 2.24) is 19.4 Å². The Balaban J connectivity index is 1.78. The summed E-state index contributed by atoms with van der Waals surface area (Å²) in [6.45, 7) is 1.36. The van der Waals surface area contributed by atoms with Gasteiger partial charge in [-0.3, -0.25) is 24.1 Å². The van der Waals surface area contributed by atoms with Gasteiger partial charge in [-0.05, 0) is 24.3 Å². The molecule has 8 nitrogen and oxygen atoms in total. The van der Waals surface area contributed by atoms with Gasteiger partial charge < -0.3 is 9.64 Å². The lowest BCUT2D eigenvalue weighted by molar-refractivity contribution is -0.132. The van der Waals surface area contributed by atoms with Gasteiger partial charge in [-0.2, -0.15) is 0 Å². The van der Waals surface area contributed by atoms with Crippen LogP contribution in [0.15, 0.2) is 58.3 Å². The van der Waals surface area contributed by atoms with Crippen molar-refractivity contribution in [3.63, 3.8) is 0 Å². The number of H-pyrrole nitrogens is 1. The maximum atomic E-state index is 12.8. The lowest BCUT2D eigenvalue weighted by atomic mass is 10.2. The molecule has 0 aliphatic rings. The molecule has 0 aliphatic heterocycles. The number of hydrogen-bond donors (Lipinski definition) is 1. The zero-order valence-electron chi connectivity index (χ0n) is 15.6. The van der Waals surface area contributed by atoms with Crippen molar-refractivity contribution in [2.45, 2.75) is 19.5 Å². The minimum Gasteiger partial charge on any atom is -0.383 e. The Kier molecular flexibility index (Phi) is 6.33. The van der Waals surface area contributed by atoms with Gasteiger partial charge >= 0.3 is 5.69 Å². The van der Waals surface area contributed by atoms with Crippen LogP contribution in [0.25, 0.3) is 10.9 Å². The molecular weight excluding hydrogens is 360 g/mol. The van der Waals surface area contributed by atoms with Crippen LogP contribution in [-0.2, 0) is 22.6 Å². The average Bonchev–Trinajstić information content (AvgIpc) is 2.71. The van der Waals surface area contributed by atoms with E-state index in [1.165, 1.54) is 4.57 Å². The monoisotopic (exact) mass is 382 g/mol. The summed E-state index contributed by atoms with van der Waals surface area (Å²) < 4.78 is 6.52. The first-order valence-corrected chi connectivity index (χ1v) is 8.98. The Morgan fingerprint density at radius 1 is 1.18 bits per heavy atom. The first-order chi connectivity index (χ1) is 13.6. The number of carbonyl (C=O) groups is 1. The van der Waals surface area contributed by atoms with Gasteiger partial charge in [0.1, 0.15) is 0 Å². The molecule has 28 heavy (non-hydrogen) atoms. The van der Waals surface area contributed by atoms with E-state index in [-0.39, 0.29) is 18.9 Å². The Morgan fingerprint density at radius 2 is 1.96 bits per heavy atom. The summed E-state index contributed by atoms with van der Waals surface area (Å²) in [5.74, 6) is -0.120. The normalized spacial score (nSPS) is 10.9. The van der Waals surface area contributed by atoms with Gasteiger partial charge in [-0.25, -0.2) is 4.79 Å². The third-order valence-corrected chi connectivity index (χ3v) is 4.45. The molecular formula is C20H22N4O4. The molecule has 146 valence electrons. The van der Waals surface area contributed by atoms with E-state index in [1.807, 2.05) is 18.2 Å². The second-order valence-corrected chi connectivity index (χ2v) is 6.31. The van der Waals surface area contributed by atoms with E-state index in [9.17, 15) is 14.4 Å². The van der Waals surface area contributed by atoms with Gasteiger partial charge in [0.2, 0.25) is 5.91 Å². The molecule has 2 heterocycles. The zero-order chi connectivity index (χ0) is 19.9. The van der Waals surface area contributed by atoms with Gasteiger partial charge in [0.25, 0.3) is 5.56 Å². The quantitative estimate of drug-likeness (QED) is 0.630. The number of aromatic nitrogens is 3. The lowest BCUT2D eigenvalue weighted by Gasteiger charge is -2.22. The van der Waals surface area contributed by atoms with Crippen LogP contribution in [0.4, 0.5) is 0 Å². The van der Waals surface area contributed by atoms with Crippen molar-refractivity contribution in [3.8, 4) is 0 Å². The molecule has 1 aromatic carbocycles. The number of hydrogen-bond acceptors (Lipinski definition) is 5. The highest BCUT2D eigenvalue weighted by atomic mass is 16.5. The van der Waals surface area contributed by atoms with Crippen LogP contribution in [0.5, 0.6) is 0 Å². The molecule has 0 saturated carbocycles. The number of carbonyl (C=O) groups excluding carboxylic acids is 1. The van der Waals surface area contributed by atoms with E-state index < -0.39 is 11.2 Å². The van der Waals surface area contributed by atoms with Crippen LogP contribution < -0.4 is 11.2 Å². The van der Waals surface area contributed by atoms with E-state index in [2.05, 4.69) is 9.97 Å². The fourth-order valence-corrected chi connectivity index (χ4v) is 3.01. The molecule has 2 aromatic heterocycles. The number of nitrogens with zero attached hydrogens (tertiary/aromatic N) is 3. The van der Waals surface area contributed by atoms with E-state index in [1.54, 1.807) is 42.5 Å². The molecule has 0 aliphatic carbocycles. The Hall–Kier alpha value is -3.26. The highest BCUT2D eigenvalue weighted by Gasteiger charge is 2.16. The Bertz CT molecular complexity index is 1060. The molecule has 0 atom stereocenters. The number of rotatable bonds is 8. The second-order valence-electron chi connectivity index (χ2n) is 6.31. The molecule has 1 N–H and O–H groups in total. The number of aryl methyl sites for hydroxylation is 1. The van der Waals surface area contributed by atoms with E-state index >= 15 is 0 Å². The lowest BCUT2D eigenvalue weighted by Crippen LogP contribution is -2.36. The van der Waals surface area contributed by atoms with E-state index in [0.717, 1.165) is 5.69 Å². The van der Waals surface area contributed by atoms with Crippen molar-refractivity contribution >= 4 is 16.8 Å². The van der Waals surface area contributed by atoms with Crippen LogP contribution in [0, 0.1) is 0 Å². The number of nitrogens with one attached hydrogen (secondary N) is 1. The van der Waals surface area contributed by atoms with Crippen molar-refractivity contribution in [2.24, 2.45) is 0 Å². The minimum atomic E-state index is -0.523. The maximum absolute atomic E-state index is 12.8. The van der Waals surface area contributed by atoms with Crippen LogP contribution in [0.1, 0.15) is 12.1 Å². The van der Waals surface area contributed by atoms with E-state index in [0.29, 0.717) is 30.6 Å². The van der Waals surface area contributed by atoms with Crippen LogP contribution in [-0.4, -0.2) is 45.6 Å². The van der Waals surface area contributed by atoms with Gasteiger partial charge in [0, 0.05) is 32.8 Å². The molecule has 3 rings (SSSR count). The molecule has 0 spiro atoms. The predicted molar refractivity (Wildman–Crippen MR) is 105 cm³/mol. The summed E-state index contributed by atoms with van der Waals surface area (Å²) in [6, 6.07) is 12.4. The Labute approximate surface area is 161 Å². The molecule has 0 bridgehead atoms. The number of methoxy groups -OCH3 is 1. The first-order valence-electron chi connectivity index (χ1n) is 8.98. The SMILES string of the molecule is COCCN(Cc1ccccn1)C(=O)CCn1c(=O)[nH]c(=O)c2ccccc21.